The minimum absolute atomic E-state index is 0.00707. The van der Waals surface area contributed by atoms with Crippen LogP contribution in [0.5, 0.6) is 11.5 Å². The zero-order valence-corrected chi connectivity index (χ0v) is 27.6. The lowest BCUT2D eigenvalue weighted by atomic mass is 9.81. The molecule has 0 saturated heterocycles. The van der Waals surface area contributed by atoms with E-state index in [0.717, 1.165) is 36.4 Å². The quantitative estimate of drug-likeness (QED) is 0.145. The Bertz CT molecular complexity index is 1190. The number of carbonyl (C=O) groups excluding carboxylic acids is 1. The summed E-state index contributed by atoms with van der Waals surface area (Å²) in [5.74, 6) is 1.48. The van der Waals surface area contributed by atoms with E-state index in [9.17, 15) is 4.79 Å². The zero-order valence-electron chi connectivity index (χ0n) is 27.6. The van der Waals surface area contributed by atoms with Crippen molar-refractivity contribution in [2.45, 2.75) is 118 Å². The Balaban J connectivity index is 1.47. The number of methoxy groups -OCH3 is 1. The Morgan fingerprint density at radius 2 is 1.56 bits per heavy atom. The second-order valence-corrected chi connectivity index (χ2v) is 12.7. The van der Waals surface area contributed by atoms with Crippen LogP contribution in [0.2, 0.25) is 0 Å². The molecule has 0 saturated carbocycles. The maximum absolute atomic E-state index is 12.8. The molecule has 0 radical (unpaired) electrons. The molecule has 0 spiro atoms. The minimum atomic E-state index is -0.0189. The van der Waals surface area contributed by atoms with Crippen LogP contribution in [0.4, 0.5) is 5.69 Å². The van der Waals surface area contributed by atoms with Crippen LogP contribution in [0.15, 0.2) is 59.1 Å². The monoisotopic (exact) mass is 588 g/mol. The molecular weight excluding hydrogens is 532 g/mol. The molecule has 0 bridgehead atoms. The topological polar surface area (TPSA) is 51.1 Å². The number of rotatable bonds is 20. The lowest BCUT2D eigenvalue weighted by Crippen LogP contribution is -2.28. The second-order valence-electron chi connectivity index (χ2n) is 12.7. The van der Waals surface area contributed by atoms with Crippen molar-refractivity contribution in [3.05, 3.63) is 65.2 Å². The van der Waals surface area contributed by atoms with Crippen LogP contribution in [-0.4, -0.2) is 32.4 Å². The number of dihydropyridines is 1. The highest BCUT2D eigenvalue weighted by Crippen LogP contribution is 2.32. The predicted octanol–water partition coefficient (Wildman–Crippen LogP) is 9.91. The molecule has 236 valence electrons. The van der Waals surface area contributed by atoms with E-state index in [-0.39, 0.29) is 11.3 Å². The van der Waals surface area contributed by atoms with Crippen molar-refractivity contribution >= 4 is 17.8 Å². The molecular formula is C38H56N2O3. The van der Waals surface area contributed by atoms with Crippen molar-refractivity contribution in [3.8, 4) is 11.5 Å². The van der Waals surface area contributed by atoms with Crippen LogP contribution >= 0.6 is 0 Å². The Labute approximate surface area is 261 Å². The summed E-state index contributed by atoms with van der Waals surface area (Å²) in [6.45, 7) is 10.2. The molecule has 1 unspecified atom stereocenters. The molecule has 1 aliphatic heterocycles. The first-order chi connectivity index (χ1) is 20.8. The van der Waals surface area contributed by atoms with Gasteiger partial charge in [0.2, 0.25) is 5.91 Å². The van der Waals surface area contributed by atoms with Gasteiger partial charge < -0.3 is 14.4 Å². The summed E-state index contributed by atoms with van der Waals surface area (Å²) >= 11 is 0. The number of hydrogen-bond donors (Lipinski definition) is 0. The van der Waals surface area contributed by atoms with Crippen molar-refractivity contribution in [2.75, 3.05) is 25.2 Å². The first-order valence-corrected chi connectivity index (χ1v) is 16.7. The molecule has 1 heterocycles. The molecule has 0 fully saturated rings. The Hall–Kier alpha value is -3.08. The number of allylic oxidation sites excluding steroid dienone is 1. The Kier molecular flexibility index (Phi) is 14.8. The first kappa shape index (κ1) is 34.4. The van der Waals surface area contributed by atoms with Gasteiger partial charge in [-0.3, -0.25) is 9.79 Å². The minimum Gasteiger partial charge on any atom is -0.493 e. The number of hydrogen-bond acceptors (Lipinski definition) is 4. The van der Waals surface area contributed by atoms with Gasteiger partial charge in [0.05, 0.1) is 20.3 Å². The summed E-state index contributed by atoms with van der Waals surface area (Å²) in [7, 11) is 1.67. The van der Waals surface area contributed by atoms with E-state index in [1.807, 2.05) is 41.4 Å². The normalized spacial score (nSPS) is 16.2. The van der Waals surface area contributed by atoms with Crippen LogP contribution in [0.3, 0.4) is 0 Å². The van der Waals surface area contributed by atoms with Gasteiger partial charge in [-0.1, -0.05) is 109 Å². The van der Waals surface area contributed by atoms with Gasteiger partial charge in [0, 0.05) is 30.8 Å². The Morgan fingerprint density at radius 3 is 2.19 bits per heavy atom. The zero-order chi connectivity index (χ0) is 30.9. The average Bonchev–Trinajstić information content (AvgIpc) is 2.98. The maximum Gasteiger partial charge on any atom is 0.224 e. The summed E-state index contributed by atoms with van der Waals surface area (Å²) in [6.07, 6.45) is 21.1. The fourth-order valence-electron chi connectivity index (χ4n) is 6.06. The number of carbonyl (C=O) groups is 1. The van der Waals surface area contributed by atoms with E-state index >= 15 is 0 Å². The maximum atomic E-state index is 12.8. The van der Waals surface area contributed by atoms with E-state index in [0.29, 0.717) is 18.9 Å². The number of amides is 1. The number of ether oxygens (including phenoxy) is 2. The van der Waals surface area contributed by atoms with Crippen LogP contribution in [-0.2, 0) is 17.8 Å². The van der Waals surface area contributed by atoms with Gasteiger partial charge in [0.15, 0.2) is 11.5 Å². The predicted molar refractivity (Wildman–Crippen MR) is 182 cm³/mol. The van der Waals surface area contributed by atoms with Gasteiger partial charge in [-0.05, 0) is 60.7 Å². The van der Waals surface area contributed by atoms with Gasteiger partial charge in [-0.15, -0.1) is 0 Å². The number of anilines is 1. The summed E-state index contributed by atoms with van der Waals surface area (Å²) in [6, 6.07) is 14.3. The molecule has 3 rings (SSSR count). The fraction of sp³-hybridized carbons (Fsp3) is 0.579. The highest BCUT2D eigenvalue weighted by molar-refractivity contribution is 5.91. The van der Waals surface area contributed by atoms with Crippen molar-refractivity contribution in [1.29, 1.82) is 0 Å². The molecule has 2 aromatic rings. The third-order valence-corrected chi connectivity index (χ3v) is 8.36. The summed E-state index contributed by atoms with van der Waals surface area (Å²) < 4.78 is 11.8. The molecule has 2 aromatic carbocycles. The van der Waals surface area contributed by atoms with Gasteiger partial charge in [0.25, 0.3) is 0 Å². The summed E-state index contributed by atoms with van der Waals surface area (Å²) in [5, 5.41) is 0. The summed E-state index contributed by atoms with van der Waals surface area (Å²) in [4.78, 5) is 19.1. The highest BCUT2D eigenvalue weighted by atomic mass is 16.5. The number of nitrogens with zero attached hydrogens (tertiary/aromatic N) is 2. The van der Waals surface area contributed by atoms with E-state index in [1.165, 1.54) is 81.8 Å². The first-order valence-electron chi connectivity index (χ1n) is 16.7. The smallest absolute Gasteiger partial charge is 0.224 e. The lowest BCUT2D eigenvalue weighted by Gasteiger charge is -2.28. The third-order valence-electron chi connectivity index (χ3n) is 8.36. The summed E-state index contributed by atoms with van der Waals surface area (Å²) in [5.41, 5.74) is 4.29. The van der Waals surface area contributed by atoms with Crippen molar-refractivity contribution in [1.82, 2.24) is 0 Å². The molecule has 0 aromatic heterocycles. The molecule has 43 heavy (non-hydrogen) atoms. The van der Waals surface area contributed by atoms with Gasteiger partial charge >= 0.3 is 0 Å². The molecule has 5 heteroatoms. The van der Waals surface area contributed by atoms with E-state index in [2.05, 4.69) is 44.0 Å². The number of aliphatic imine (C=N–C) groups is 1. The van der Waals surface area contributed by atoms with Gasteiger partial charge in [-0.25, -0.2) is 0 Å². The molecule has 1 amide bonds. The average molecular weight is 589 g/mol. The van der Waals surface area contributed by atoms with Crippen molar-refractivity contribution in [2.24, 2.45) is 10.4 Å². The van der Waals surface area contributed by atoms with Gasteiger partial charge in [-0.2, -0.15) is 0 Å². The molecule has 1 atom stereocenters. The highest BCUT2D eigenvalue weighted by Gasteiger charge is 2.24. The fourth-order valence-corrected chi connectivity index (χ4v) is 6.06. The van der Waals surface area contributed by atoms with Crippen LogP contribution in [0.25, 0.3) is 0 Å². The second kappa shape index (κ2) is 18.6. The molecule has 5 nitrogen and oxygen atoms in total. The van der Waals surface area contributed by atoms with E-state index in [4.69, 9.17) is 9.47 Å². The molecule has 0 N–H and O–H groups in total. The lowest BCUT2D eigenvalue weighted by molar-refractivity contribution is -0.116. The Morgan fingerprint density at radius 1 is 0.884 bits per heavy atom. The van der Waals surface area contributed by atoms with E-state index in [1.54, 1.807) is 14.0 Å². The largest absolute Gasteiger partial charge is 0.493 e. The van der Waals surface area contributed by atoms with Crippen molar-refractivity contribution in [3.63, 3.8) is 0 Å². The van der Waals surface area contributed by atoms with Gasteiger partial charge in [0.1, 0.15) is 0 Å². The number of unbranched alkanes of at least 4 members (excludes halogenated alkanes) is 11. The van der Waals surface area contributed by atoms with Crippen LogP contribution in [0.1, 0.15) is 116 Å². The van der Waals surface area contributed by atoms with E-state index < -0.39 is 0 Å². The number of benzene rings is 2. The third kappa shape index (κ3) is 12.2. The standard InChI is InChI=1S/C38H56N2O3/c1-6-7-8-9-10-11-12-13-14-15-16-17-23-43-36-22-21-34(25-37(36)42-5)29-40(32(3)41)35-20-18-19-33(24-35)27-38(4)26-31(2)28-39-30-38/h18-22,24-26,28H,6-17,23,27,29-30H2,1-5H3. The van der Waals surface area contributed by atoms with Crippen molar-refractivity contribution < 1.29 is 14.3 Å². The van der Waals surface area contributed by atoms with Crippen LogP contribution in [0, 0.1) is 5.41 Å². The SMILES string of the molecule is CCCCCCCCCCCCCCOc1ccc(CN(C(C)=O)c2cccc(CC3(C)C=C(C)C=NC3)c2)cc1OC. The molecule has 0 aliphatic carbocycles. The van der Waals surface area contributed by atoms with Crippen LogP contribution < -0.4 is 14.4 Å². The molecule has 1 aliphatic rings.